The van der Waals surface area contributed by atoms with Gasteiger partial charge in [0.1, 0.15) is 0 Å². The highest BCUT2D eigenvalue weighted by Gasteiger charge is 2.25. The summed E-state index contributed by atoms with van der Waals surface area (Å²) in [5, 5.41) is 3.68. The van der Waals surface area contributed by atoms with E-state index in [2.05, 4.69) is 36.1 Å². The zero-order valence-electron chi connectivity index (χ0n) is 12.5. The summed E-state index contributed by atoms with van der Waals surface area (Å²) in [4.78, 5) is 5.10. The van der Waals surface area contributed by atoms with E-state index in [0.717, 1.165) is 12.1 Å². The fourth-order valence-corrected chi connectivity index (χ4v) is 3.47. The van der Waals surface area contributed by atoms with E-state index in [9.17, 15) is 0 Å². The van der Waals surface area contributed by atoms with Crippen LogP contribution < -0.4 is 5.32 Å². The van der Waals surface area contributed by atoms with Crippen LogP contribution >= 0.6 is 0 Å². The van der Waals surface area contributed by atoms with Crippen molar-refractivity contribution >= 4 is 0 Å². The lowest BCUT2D eigenvalue weighted by Crippen LogP contribution is -2.47. The molecule has 0 aromatic heterocycles. The summed E-state index contributed by atoms with van der Waals surface area (Å²) in [6, 6.07) is 2.29. The molecule has 3 nitrogen and oxygen atoms in total. The van der Waals surface area contributed by atoms with Crippen LogP contribution in [-0.4, -0.2) is 61.7 Å². The van der Waals surface area contributed by atoms with E-state index in [4.69, 9.17) is 0 Å². The van der Waals surface area contributed by atoms with Gasteiger partial charge in [-0.1, -0.05) is 6.42 Å². The first-order chi connectivity index (χ1) is 8.66. The first-order valence-electron chi connectivity index (χ1n) is 7.80. The molecule has 0 bridgehead atoms. The molecule has 2 unspecified atom stereocenters. The van der Waals surface area contributed by atoms with E-state index < -0.39 is 0 Å². The predicted octanol–water partition coefficient (Wildman–Crippen LogP) is 1.93. The molecule has 2 rings (SSSR count). The molecule has 0 aromatic rings. The Kier molecular flexibility index (Phi) is 5.46. The third-order valence-electron chi connectivity index (χ3n) is 5.00. The van der Waals surface area contributed by atoms with Gasteiger partial charge in [0.15, 0.2) is 0 Å². The number of hydrogen-bond donors (Lipinski definition) is 1. The minimum absolute atomic E-state index is 0.717. The van der Waals surface area contributed by atoms with E-state index >= 15 is 0 Å². The molecule has 2 heterocycles. The molecule has 0 saturated carbocycles. The van der Waals surface area contributed by atoms with Gasteiger partial charge in [0.2, 0.25) is 0 Å². The maximum Gasteiger partial charge on any atom is 0.0119 e. The zero-order chi connectivity index (χ0) is 13.0. The fourth-order valence-electron chi connectivity index (χ4n) is 3.47. The van der Waals surface area contributed by atoms with Crippen LogP contribution in [0.3, 0.4) is 0 Å². The lowest BCUT2D eigenvalue weighted by atomic mass is 9.96. The lowest BCUT2D eigenvalue weighted by molar-refractivity contribution is 0.103. The summed E-state index contributed by atoms with van der Waals surface area (Å²) >= 11 is 0. The molecule has 2 saturated heterocycles. The minimum Gasteiger partial charge on any atom is -0.314 e. The Labute approximate surface area is 113 Å². The minimum atomic E-state index is 0.717. The van der Waals surface area contributed by atoms with Crippen molar-refractivity contribution < 1.29 is 0 Å². The summed E-state index contributed by atoms with van der Waals surface area (Å²) in [7, 11) is 4.58. The van der Waals surface area contributed by atoms with Gasteiger partial charge in [-0.2, -0.15) is 0 Å². The highest BCUT2D eigenvalue weighted by atomic mass is 15.2. The van der Waals surface area contributed by atoms with E-state index in [1.807, 2.05) is 0 Å². The summed E-state index contributed by atoms with van der Waals surface area (Å²) in [5.74, 6) is 0. The Morgan fingerprint density at radius 1 is 1.22 bits per heavy atom. The van der Waals surface area contributed by atoms with Crippen LogP contribution in [0.5, 0.6) is 0 Å². The fraction of sp³-hybridized carbons (Fsp3) is 1.00. The van der Waals surface area contributed by atoms with Crippen molar-refractivity contribution in [3.63, 3.8) is 0 Å². The molecule has 2 aliphatic rings. The van der Waals surface area contributed by atoms with Gasteiger partial charge in [-0.25, -0.2) is 0 Å². The quantitative estimate of drug-likeness (QED) is 0.826. The smallest absolute Gasteiger partial charge is 0.0119 e. The van der Waals surface area contributed by atoms with Crippen LogP contribution in [0.25, 0.3) is 0 Å². The topological polar surface area (TPSA) is 18.5 Å². The number of nitrogens with zero attached hydrogens (tertiary/aromatic N) is 2. The Bertz CT molecular complexity index is 230. The molecule has 3 heteroatoms. The second kappa shape index (κ2) is 6.88. The van der Waals surface area contributed by atoms with E-state index in [-0.39, 0.29) is 0 Å². The molecule has 1 N–H and O–H groups in total. The number of hydrogen-bond acceptors (Lipinski definition) is 3. The number of piperidine rings is 2. The molecule has 0 spiro atoms. The summed E-state index contributed by atoms with van der Waals surface area (Å²) in [5.41, 5.74) is 0. The van der Waals surface area contributed by atoms with Gasteiger partial charge in [0.05, 0.1) is 0 Å². The molecule has 18 heavy (non-hydrogen) atoms. The van der Waals surface area contributed by atoms with Crippen molar-refractivity contribution in [2.45, 2.75) is 63.6 Å². The van der Waals surface area contributed by atoms with Gasteiger partial charge in [-0.15, -0.1) is 0 Å². The average molecular weight is 253 g/mol. The maximum absolute atomic E-state index is 3.68. The normalized spacial score (nSPS) is 29.7. The Morgan fingerprint density at radius 2 is 1.94 bits per heavy atom. The molecule has 2 aliphatic heterocycles. The van der Waals surface area contributed by atoms with Crippen LogP contribution in [0.4, 0.5) is 0 Å². The second-order valence-corrected chi connectivity index (χ2v) is 6.43. The van der Waals surface area contributed by atoms with Gasteiger partial charge in [-0.05, 0) is 72.8 Å². The molecule has 0 aromatic carbocycles. The summed E-state index contributed by atoms with van der Waals surface area (Å²) in [6.45, 7) is 6.18. The lowest BCUT2D eigenvalue weighted by Gasteiger charge is -2.39. The van der Waals surface area contributed by atoms with Crippen LogP contribution in [0.1, 0.15) is 45.4 Å². The first-order valence-corrected chi connectivity index (χ1v) is 7.80. The largest absolute Gasteiger partial charge is 0.314 e. The zero-order valence-corrected chi connectivity index (χ0v) is 12.5. The molecule has 0 aliphatic carbocycles. The Morgan fingerprint density at radius 3 is 2.56 bits per heavy atom. The molecule has 2 fully saturated rings. The van der Waals surface area contributed by atoms with Crippen LogP contribution in [0.2, 0.25) is 0 Å². The molecule has 0 amide bonds. The van der Waals surface area contributed by atoms with Gasteiger partial charge in [0.25, 0.3) is 0 Å². The van der Waals surface area contributed by atoms with E-state index in [1.54, 1.807) is 0 Å². The summed E-state index contributed by atoms with van der Waals surface area (Å²) < 4.78 is 0. The van der Waals surface area contributed by atoms with Gasteiger partial charge in [-0.3, -0.25) is 0 Å². The van der Waals surface area contributed by atoms with E-state index in [1.165, 1.54) is 58.2 Å². The third kappa shape index (κ3) is 3.94. The highest BCUT2D eigenvalue weighted by Crippen LogP contribution is 2.20. The Balaban J connectivity index is 1.75. The number of likely N-dealkylation sites (tertiary alicyclic amines) is 1. The standard InChI is InChI=1S/C15H31N3/c1-13(12-14-6-4-5-9-16-14)18(3)15-7-10-17(2)11-8-15/h13-16H,4-12H2,1-3H3. The van der Waals surface area contributed by atoms with Crippen molar-refractivity contribution in [2.24, 2.45) is 0 Å². The monoisotopic (exact) mass is 253 g/mol. The highest BCUT2D eigenvalue weighted by molar-refractivity contribution is 4.83. The number of rotatable bonds is 4. The first kappa shape index (κ1) is 14.3. The van der Waals surface area contributed by atoms with Crippen LogP contribution in [0.15, 0.2) is 0 Å². The second-order valence-electron chi connectivity index (χ2n) is 6.43. The molecular weight excluding hydrogens is 222 g/mol. The molecule has 106 valence electrons. The van der Waals surface area contributed by atoms with Crippen molar-refractivity contribution in [1.82, 2.24) is 15.1 Å². The maximum atomic E-state index is 3.68. The van der Waals surface area contributed by atoms with Crippen molar-refractivity contribution in [3.05, 3.63) is 0 Å². The average Bonchev–Trinajstić information content (AvgIpc) is 2.40. The van der Waals surface area contributed by atoms with Gasteiger partial charge >= 0.3 is 0 Å². The van der Waals surface area contributed by atoms with Gasteiger partial charge < -0.3 is 15.1 Å². The molecule has 2 atom stereocenters. The molecule has 0 radical (unpaired) electrons. The Hall–Kier alpha value is -0.120. The van der Waals surface area contributed by atoms with Crippen LogP contribution in [0, 0.1) is 0 Å². The SMILES string of the molecule is CC(CC1CCCCN1)N(C)C1CCN(C)CC1. The third-order valence-corrected chi connectivity index (χ3v) is 5.00. The van der Waals surface area contributed by atoms with Crippen molar-refractivity contribution in [2.75, 3.05) is 33.7 Å². The van der Waals surface area contributed by atoms with Gasteiger partial charge in [0, 0.05) is 18.1 Å². The van der Waals surface area contributed by atoms with Crippen molar-refractivity contribution in [1.29, 1.82) is 0 Å². The summed E-state index contributed by atoms with van der Waals surface area (Å²) in [6.07, 6.45) is 8.18. The van der Waals surface area contributed by atoms with Crippen LogP contribution in [-0.2, 0) is 0 Å². The predicted molar refractivity (Wildman–Crippen MR) is 78.0 cm³/mol. The number of nitrogens with one attached hydrogen (secondary N) is 1. The van der Waals surface area contributed by atoms with Crippen molar-refractivity contribution in [3.8, 4) is 0 Å². The van der Waals surface area contributed by atoms with E-state index in [0.29, 0.717) is 6.04 Å². The molecular formula is C15H31N3.